The maximum atomic E-state index is 13.6. The van der Waals surface area contributed by atoms with Crippen molar-refractivity contribution in [3.8, 4) is 11.4 Å². The summed E-state index contributed by atoms with van der Waals surface area (Å²) in [6.45, 7) is 0. The number of hydrogen-bond acceptors (Lipinski definition) is 4. The van der Waals surface area contributed by atoms with Crippen LogP contribution in [0.5, 0.6) is 5.75 Å². The van der Waals surface area contributed by atoms with Crippen molar-refractivity contribution in [2.45, 2.75) is 0 Å². The van der Waals surface area contributed by atoms with Crippen LogP contribution in [0.15, 0.2) is 48.7 Å². The van der Waals surface area contributed by atoms with E-state index >= 15 is 0 Å². The monoisotopic (exact) mass is 330 g/mol. The Kier molecular flexibility index (Phi) is 4.19. The molecule has 2 aromatic carbocycles. The first-order chi connectivity index (χ1) is 11.6. The maximum Gasteiger partial charge on any atom is 0.277 e. The Labute approximate surface area is 135 Å². The number of carbonyl (C=O) groups excluding carboxylic acids is 1. The van der Waals surface area contributed by atoms with E-state index in [0.29, 0.717) is 11.4 Å². The van der Waals surface area contributed by atoms with Crippen LogP contribution in [0, 0.1) is 11.6 Å². The van der Waals surface area contributed by atoms with Crippen LogP contribution in [-0.2, 0) is 0 Å². The molecule has 1 N–H and O–H groups in total. The lowest BCUT2D eigenvalue weighted by Gasteiger charge is -2.04. The lowest BCUT2D eigenvalue weighted by molar-refractivity contribution is 0.102. The van der Waals surface area contributed by atoms with Crippen molar-refractivity contribution in [1.29, 1.82) is 0 Å². The quantitative estimate of drug-likeness (QED) is 0.799. The predicted molar refractivity (Wildman–Crippen MR) is 82.2 cm³/mol. The molecule has 0 saturated heterocycles. The number of methoxy groups -OCH3 is 1. The topological polar surface area (TPSA) is 69.0 Å². The third-order valence-electron chi connectivity index (χ3n) is 3.24. The van der Waals surface area contributed by atoms with Crippen LogP contribution >= 0.6 is 0 Å². The van der Waals surface area contributed by atoms with Crippen molar-refractivity contribution in [3.63, 3.8) is 0 Å². The predicted octanol–water partition coefficient (Wildman–Crippen LogP) is 2.81. The van der Waals surface area contributed by atoms with E-state index in [2.05, 4.69) is 15.6 Å². The number of ether oxygens (including phenoxy) is 1. The van der Waals surface area contributed by atoms with E-state index < -0.39 is 17.5 Å². The van der Waals surface area contributed by atoms with Gasteiger partial charge in [-0.15, -0.1) is 5.10 Å². The summed E-state index contributed by atoms with van der Waals surface area (Å²) in [5.41, 5.74) is 0.329. The van der Waals surface area contributed by atoms with E-state index in [9.17, 15) is 13.6 Å². The van der Waals surface area contributed by atoms with Gasteiger partial charge in [0.15, 0.2) is 17.3 Å². The van der Waals surface area contributed by atoms with Gasteiger partial charge in [0, 0.05) is 6.07 Å². The number of amides is 1. The first-order valence-electron chi connectivity index (χ1n) is 6.90. The van der Waals surface area contributed by atoms with Gasteiger partial charge in [0.2, 0.25) is 0 Å². The molecule has 6 nitrogen and oxygen atoms in total. The highest BCUT2D eigenvalue weighted by Crippen LogP contribution is 2.18. The molecule has 1 aromatic heterocycles. The average molecular weight is 330 g/mol. The van der Waals surface area contributed by atoms with Crippen molar-refractivity contribution in [2.24, 2.45) is 0 Å². The summed E-state index contributed by atoms with van der Waals surface area (Å²) in [7, 11) is 1.53. The van der Waals surface area contributed by atoms with E-state index in [1.54, 1.807) is 24.3 Å². The molecular weight excluding hydrogens is 318 g/mol. The van der Waals surface area contributed by atoms with Gasteiger partial charge in [-0.1, -0.05) is 17.3 Å². The van der Waals surface area contributed by atoms with Gasteiger partial charge in [-0.3, -0.25) is 4.79 Å². The third kappa shape index (κ3) is 3.07. The van der Waals surface area contributed by atoms with Gasteiger partial charge in [-0.25, -0.2) is 13.5 Å². The standard InChI is InChI=1S/C16H12F2N4O2/c1-24-11-5-2-4-10(8-11)22-9-14(20-21-22)16(23)19-13-7-3-6-12(17)15(13)18/h2-9H,1H3,(H,19,23). The molecule has 0 saturated carbocycles. The summed E-state index contributed by atoms with van der Waals surface area (Å²) in [5, 5.41) is 9.85. The molecule has 8 heteroatoms. The van der Waals surface area contributed by atoms with Crippen molar-refractivity contribution in [1.82, 2.24) is 15.0 Å². The highest BCUT2D eigenvalue weighted by atomic mass is 19.2. The number of aromatic nitrogens is 3. The number of benzene rings is 2. The molecule has 3 rings (SSSR count). The van der Waals surface area contributed by atoms with Crippen LogP contribution < -0.4 is 10.1 Å². The SMILES string of the molecule is COc1cccc(-n2cc(C(=O)Nc3cccc(F)c3F)nn2)c1. The Balaban J connectivity index is 1.82. The summed E-state index contributed by atoms with van der Waals surface area (Å²) in [4.78, 5) is 12.1. The molecule has 122 valence electrons. The van der Waals surface area contributed by atoms with E-state index in [4.69, 9.17) is 4.74 Å². The van der Waals surface area contributed by atoms with Gasteiger partial charge in [0.1, 0.15) is 5.75 Å². The van der Waals surface area contributed by atoms with E-state index in [-0.39, 0.29) is 11.4 Å². The second kappa shape index (κ2) is 6.45. The average Bonchev–Trinajstić information content (AvgIpc) is 3.09. The smallest absolute Gasteiger partial charge is 0.277 e. The Morgan fingerprint density at radius 3 is 2.79 bits per heavy atom. The largest absolute Gasteiger partial charge is 0.497 e. The molecule has 3 aromatic rings. The van der Waals surface area contributed by atoms with Gasteiger partial charge in [-0.2, -0.15) is 0 Å². The second-order valence-electron chi connectivity index (χ2n) is 4.81. The molecule has 0 aliphatic carbocycles. The van der Waals surface area contributed by atoms with Gasteiger partial charge in [0.25, 0.3) is 5.91 Å². The number of halogens is 2. The lowest BCUT2D eigenvalue weighted by Crippen LogP contribution is -2.14. The Morgan fingerprint density at radius 2 is 2.00 bits per heavy atom. The van der Waals surface area contributed by atoms with Crippen LogP contribution in [0.4, 0.5) is 14.5 Å². The Hall–Kier alpha value is -3.29. The molecule has 1 heterocycles. The fourth-order valence-corrected chi connectivity index (χ4v) is 2.03. The number of carbonyl (C=O) groups is 1. The van der Waals surface area contributed by atoms with E-state index in [0.717, 1.165) is 6.07 Å². The maximum absolute atomic E-state index is 13.6. The second-order valence-corrected chi connectivity index (χ2v) is 4.81. The van der Waals surface area contributed by atoms with Crippen molar-refractivity contribution < 1.29 is 18.3 Å². The molecule has 0 spiro atoms. The zero-order valence-electron chi connectivity index (χ0n) is 12.5. The zero-order valence-corrected chi connectivity index (χ0v) is 12.5. The third-order valence-corrected chi connectivity index (χ3v) is 3.24. The van der Waals surface area contributed by atoms with Crippen LogP contribution in [0.1, 0.15) is 10.5 Å². The molecule has 0 aliphatic rings. The Bertz CT molecular complexity index is 895. The number of nitrogens with zero attached hydrogens (tertiary/aromatic N) is 3. The molecule has 1 amide bonds. The molecule has 0 bridgehead atoms. The fraction of sp³-hybridized carbons (Fsp3) is 0.0625. The Morgan fingerprint density at radius 1 is 1.21 bits per heavy atom. The van der Waals surface area contributed by atoms with Crippen LogP contribution in [0.2, 0.25) is 0 Å². The molecule has 0 atom stereocenters. The summed E-state index contributed by atoms with van der Waals surface area (Å²) in [6, 6.07) is 10.5. The number of anilines is 1. The summed E-state index contributed by atoms with van der Waals surface area (Å²) in [6.07, 6.45) is 1.38. The molecule has 0 unspecified atom stereocenters. The highest BCUT2D eigenvalue weighted by Gasteiger charge is 2.15. The number of rotatable bonds is 4. The molecule has 0 radical (unpaired) electrons. The summed E-state index contributed by atoms with van der Waals surface area (Å²) < 4.78 is 33.2. The van der Waals surface area contributed by atoms with Crippen LogP contribution in [0.25, 0.3) is 5.69 Å². The molecule has 24 heavy (non-hydrogen) atoms. The zero-order chi connectivity index (χ0) is 17.1. The lowest BCUT2D eigenvalue weighted by atomic mass is 10.3. The number of hydrogen-bond donors (Lipinski definition) is 1. The minimum Gasteiger partial charge on any atom is -0.497 e. The first-order valence-corrected chi connectivity index (χ1v) is 6.90. The van der Waals surface area contributed by atoms with Crippen LogP contribution in [-0.4, -0.2) is 28.0 Å². The molecule has 0 aliphatic heterocycles. The van der Waals surface area contributed by atoms with Crippen molar-refractivity contribution in [2.75, 3.05) is 12.4 Å². The fourth-order valence-electron chi connectivity index (χ4n) is 2.03. The normalized spacial score (nSPS) is 10.5. The van der Waals surface area contributed by atoms with Gasteiger partial charge < -0.3 is 10.1 Å². The van der Waals surface area contributed by atoms with Gasteiger partial charge in [0.05, 0.1) is 24.7 Å². The molecular formula is C16H12F2N4O2. The van der Waals surface area contributed by atoms with Gasteiger partial charge in [-0.05, 0) is 24.3 Å². The summed E-state index contributed by atoms with van der Waals surface area (Å²) in [5.74, 6) is -2.26. The minimum atomic E-state index is -1.13. The van der Waals surface area contributed by atoms with E-state index in [1.165, 1.54) is 30.1 Å². The first kappa shape index (κ1) is 15.6. The van der Waals surface area contributed by atoms with Crippen LogP contribution in [0.3, 0.4) is 0 Å². The summed E-state index contributed by atoms with van der Waals surface area (Å²) >= 11 is 0. The van der Waals surface area contributed by atoms with Crippen molar-refractivity contribution >= 4 is 11.6 Å². The number of nitrogens with one attached hydrogen (secondary N) is 1. The van der Waals surface area contributed by atoms with Crippen molar-refractivity contribution in [3.05, 3.63) is 66.0 Å². The highest BCUT2D eigenvalue weighted by molar-refractivity contribution is 6.02. The minimum absolute atomic E-state index is 0.0403. The molecule has 0 fully saturated rings. The van der Waals surface area contributed by atoms with Gasteiger partial charge >= 0.3 is 0 Å². The van der Waals surface area contributed by atoms with E-state index in [1.807, 2.05) is 0 Å².